The molecule has 0 spiro atoms. The zero-order chi connectivity index (χ0) is 18.0. The fourth-order valence-electron chi connectivity index (χ4n) is 2.70. The number of amides is 2. The monoisotopic (exact) mass is 355 g/mol. The molecule has 0 atom stereocenters. The van der Waals surface area contributed by atoms with Crippen molar-refractivity contribution < 1.29 is 18.0 Å². The number of nitrogens with one attached hydrogen (secondary N) is 2. The van der Waals surface area contributed by atoms with Gasteiger partial charge in [-0.25, -0.2) is 14.5 Å². The molecule has 1 aliphatic rings. The van der Waals surface area contributed by atoms with E-state index in [9.17, 15) is 18.0 Å². The van der Waals surface area contributed by atoms with Crippen molar-refractivity contribution in [3.05, 3.63) is 35.8 Å². The molecule has 6 nitrogen and oxygen atoms in total. The van der Waals surface area contributed by atoms with Crippen LogP contribution in [0.2, 0.25) is 0 Å². The van der Waals surface area contributed by atoms with Crippen LogP contribution >= 0.6 is 0 Å². The van der Waals surface area contributed by atoms with Crippen molar-refractivity contribution in [3.8, 4) is 5.82 Å². The number of urea groups is 1. The number of alkyl halides is 3. The highest BCUT2D eigenvalue weighted by atomic mass is 19.4. The summed E-state index contributed by atoms with van der Waals surface area (Å²) in [6.45, 7) is 0.955. The Hall–Kier alpha value is -2.45. The molecule has 2 heterocycles. The number of carbonyl (C=O) groups excluding carboxylic acids is 1. The lowest BCUT2D eigenvalue weighted by Gasteiger charge is -2.25. The molecular formula is C16H20F3N5O. The first kappa shape index (κ1) is 17.4. The van der Waals surface area contributed by atoms with Gasteiger partial charge in [0.2, 0.25) is 0 Å². The predicted molar refractivity (Wildman–Crippen MR) is 85.1 cm³/mol. The van der Waals surface area contributed by atoms with Crippen molar-refractivity contribution in [1.82, 2.24) is 25.0 Å². The number of nitrogens with zero attached hydrogens (tertiary/aromatic N) is 3. The summed E-state index contributed by atoms with van der Waals surface area (Å²) in [5.74, 6) is 0.944. The van der Waals surface area contributed by atoms with E-state index in [1.807, 2.05) is 0 Å². The third-order valence-corrected chi connectivity index (χ3v) is 4.48. The van der Waals surface area contributed by atoms with Gasteiger partial charge in [-0.05, 0) is 36.5 Å². The van der Waals surface area contributed by atoms with Crippen LogP contribution in [0.15, 0.2) is 24.5 Å². The molecule has 25 heavy (non-hydrogen) atoms. The number of hydrogen-bond donors (Lipinski definition) is 2. The molecule has 0 aromatic carbocycles. The predicted octanol–water partition coefficient (Wildman–Crippen LogP) is 2.83. The van der Waals surface area contributed by atoms with Gasteiger partial charge in [-0.1, -0.05) is 6.42 Å². The van der Waals surface area contributed by atoms with Crippen molar-refractivity contribution in [1.29, 1.82) is 0 Å². The Bertz CT molecular complexity index is 745. The molecule has 9 heteroatoms. The van der Waals surface area contributed by atoms with Crippen molar-refractivity contribution >= 4 is 6.03 Å². The van der Waals surface area contributed by atoms with Gasteiger partial charge in [-0.15, -0.1) is 0 Å². The Balaban J connectivity index is 1.57. The van der Waals surface area contributed by atoms with Crippen molar-refractivity contribution in [2.45, 2.75) is 32.0 Å². The van der Waals surface area contributed by atoms with Crippen LogP contribution in [-0.2, 0) is 19.8 Å². The second kappa shape index (κ2) is 6.81. The van der Waals surface area contributed by atoms with Gasteiger partial charge in [0.15, 0.2) is 11.5 Å². The fourth-order valence-corrected chi connectivity index (χ4v) is 2.70. The minimum atomic E-state index is -4.39. The lowest BCUT2D eigenvalue weighted by Crippen LogP contribution is -2.39. The minimum Gasteiger partial charge on any atom is -0.338 e. The van der Waals surface area contributed by atoms with E-state index < -0.39 is 11.9 Å². The summed E-state index contributed by atoms with van der Waals surface area (Å²) in [6.07, 6.45) is 1.65. The molecule has 2 aromatic rings. The third kappa shape index (κ3) is 3.97. The molecular weight excluding hydrogens is 335 g/mol. The smallest absolute Gasteiger partial charge is 0.338 e. The van der Waals surface area contributed by atoms with Crippen LogP contribution in [0.4, 0.5) is 18.0 Å². The lowest BCUT2D eigenvalue weighted by molar-refractivity contribution is -0.148. The van der Waals surface area contributed by atoms with E-state index >= 15 is 0 Å². The summed E-state index contributed by atoms with van der Waals surface area (Å²) in [4.78, 5) is 15.8. The van der Waals surface area contributed by atoms with Crippen molar-refractivity contribution in [2.24, 2.45) is 13.0 Å². The van der Waals surface area contributed by atoms with Gasteiger partial charge in [0, 0.05) is 26.3 Å². The van der Waals surface area contributed by atoms with E-state index in [1.165, 1.54) is 24.3 Å². The maximum atomic E-state index is 12.7. The summed E-state index contributed by atoms with van der Waals surface area (Å²) < 4.78 is 40.3. The zero-order valence-electron chi connectivity index (χ0n) is 13.8. The van der Waals surface area contributed by atoms with E-state index in [1.54, 1.807) is 12.1 Å². The average molecular weight is 355 g/mol. The topological polar surface area (TPSA) is 63.9 Å². The Morgan fingerprint density at radius 1 is 1.36 bits per heavy atom. The van der Waals surface area contributed by atoms with Gasteiger partial charge < -0.3 is 10.6 Å². The Morgan fingerprint density at radius 2 is 2.12 bits per heavy atom. The molecule has 1 saturated carbocycles. The number of pyridine rings is 1. The maximum absolute atomic E-state index is 12.7. The Morgan fingerprint density at radius 3 is 2.72 bits per heavy atom. The number of aromatic nitrogens is 3. The van der Waals surface area contributed by atoms with Crippen molar-refractivity contribution in [3.63, 3.8) is 0 Å². The number of carbonyl (C=O) groups is 1. The number of rotatable bonds is 5. The molecule has 2 aromatic heterocycles. The molecule has 0 unspecified atom stereocenters. The van der Waals surface area contributed by atoms with E-state index in [-0.39, 0.29) is 12.6 Å². The molecule has 0 bridgehead atoms. The van der Waals surface area contributed by atoms with Gasteiger partial charge in [0.05, 0.1) is 6.20 Å². The van der Waals surface area contributed by atoms with Crippen LogP contribution in [0.1, 0.15) is 30.5 Å². The van der Waals surface area contributed by atoms with Crippen LogP contribution in [-0.4, -0.2) is 26.9 Å². The van der Waals surface area contributed by atoms with Gasteiger partial charge in [0.1, 0.15) is 0 Å². The largest absolute Gasteiger partial charge is 0.434 e. The second-order valence-corrected chi connectivity index (χ2v) is 6.26. The summed E-state index contributed by atoms with van der Waals surface area (Å²) in [7, 11) is 1.32. The first-order chi connectivity index (χ1) is 11.8. The van der Waals surface area contributed by atoms with Crippen LogP contribution < -0.4 is 10.6 Å². The van der Waals surface area contributed by atoms with Gasteiger partial charge in [-0.3, -0.25) is 4.68 Å². The minimum absolute atomic E-state index is 0.245. The average Bonchev–Trinajstić information content (AvgIpc) is 2.49. The molecule has 0 aliphatic heterocycles. The maximum Gasteiger partial charge on any atom is 0.434 e. The molecule has 136 valence electrons. The number of halogens is 3. The Labute approximate surface area is 143 Å². The summed E-state index contributed by atoms with van der Waals surface area (Å²) >= 11 is 0. The van der Waals surface area contributed by atoms with Crippen LogP contribution in [0.3, 0.4) is 0 Å². The van der Waals surface area contributed by atoms with Gasteiger partial charge in [-0.2, -0.15) is 13.2 Å². The molecule has 0 radical (unpaired) electrons. The van der Waals surface area contributed by atoms with Gasteiger partial charge >= 0.3 is 12.2 Å². The molecule has 2 amide bonds. The Kier molecular flexibility index (Phi) is 4.73. The van der Waals surface area contributed by atoms with E-state index in [0.717, 1.165) is 29.3 Å². The second-order valence-electron chi connectivity index (χ2n) is 6.26. The first-order valence-corrected chi connectivity index (χ1v) is 8.13. The normalized spacial score (nSPS) is 15.0. The third-order valence-electron chi connectivity index (χ3n) is 4.48. The molecule has 2 N–H and O–H groups in total. The summed E-state index contributed by atoms with van der Waals surface area (Å²) in [6, 6.07) is 3.11. The summed E-state index contributed by atoms with van der Waals surface area (Å²) in [5, 5.41) is 5.57. The highest BCUT2D eigenvalue weighted by Crippen LogP contribution is 2.31. The summed E-state index contributed by atoms with van der Waals surface area (Å²) in [5.41, 5.74) is 0.0271. The molecule has 1 fully saturated rings. The standard InChI is InChI=1S/C16H20F3N5O/c1-23-13(16(17,18)19)10-24(23)14-7-12(5-6-20-14)9-22-15(25)21-8-11-3-2-4-11/h5-7,10-11H,2-4,8-9H2,1H3,(H2,21,22,25). The highest BCUT2D eigenvalue weighted by Gasteiger charge is 2.37. The molecule has 3 rings (SSSR count). The highest BCUT2D eigenvalue weighted by molar-refractivity contribution is 5.73. The molecule has 0 saturated heterocycles. The quantitative estimate of drug-likeness (QED) is 0.866. The fraction of sp³-hybridized carbons (Fsp3) is 0.500. The van der Waals surface area contributed by atoms with Crippen LogP contribution in [0.25, 0.3) is 5.82 Å². The lowest BCUT2D eigenvalue weighted by atomic mass is 9.85. The van der Waals surface area contributed by atoms with E-state index in [2.05, 4.69) is 15.6 Å². The number of hydrogen-bond acceptors (Lipinski definition) is 2. The van der Waals surface area contributed by atoms with Crippen LogP contribution in [0, 0.1) is 5.92 Å². The first-order valence-electron chi connectivity index (χ1n) is 8.13. The zero-order valence-corrected chi connectivity index (χ0v) is 13.8. The van der Waals surface area contributed by atoms with Crippen LogP contribution in [0.5, 0.6) is 0 Å². The SMILES string of the molecule is Cn1c(C(F)(F)F)cn1-c1cc(CNC(=O)NCC2CCC2)ccn1. The van der Waals surface area contributed by atoms with E-state index in [0.29, 0.717) is 18.3 Å². The molecule has 1 aliphatic carbocycles. The van der Waals surface area contributed by atoms with Gasteiger partial charge in [0.25, 0.3) is 0 Å². The van der Waals surface area contributed by atoms with E-state index in [4.69, 9.17) is 0 Å². The van der Waals surface area contributed by atoms with Crippen molar-refractivity contribution in [2.75, 3.05) is 6.54 Å².